The van der Waals surface area contributed by atoms with Gasteiger partial charge in [-0.2, -0.15) is 0 Å². The quantitative estimate of drug-likeness (QED) is 0.907. The fraction of sp³-hybridized carbons (Fsp3) is 0.333. The molecule has 0 saturated heterocycles. The van der Waals surface area contributed by atoms with Gasteiger partial charge in [0.25, 0.3) is 5.91 Å². The SMILES string of the molecule is Cc1csc(CN(C)C(=O)c2cc[nH]c2C)n1. The maximum Gasteiger partial charge on any atom is 0.255 e. The molecule has 5 heteroatoms. The highest BCUT2D eigenvalue weighted by atomic mass is 32.1. The summed E-state index contributed by atoms with van der Waals surface area (Å²) in [6.07, 6.45) is 1.78. The summed E-state index contributed by atoms with van der Waals surface area (Å²) in [5.74, 6) is 0.0246. The number of aryl methyl sites for hydroxylation is 2. The van der Waals surface area contributed by atoms with E-state index in [1.165, 1.54) is 0 Å². The van der Waals surface area contributed by atoms with Crippen LogP contribution in [0.1, 0.15) is 26.8 Å². The highest BCUT2D eigenvalue weighted by Gasteiger charge is 2.15. The van der Waals surface area contributed by atoms with Crippen molar-refractivity contribution in [2.75, 3.05) is 7.05 Å². The van der Waals surface area contributed by atoms with Crippen LogP contribution in [0.2, 0.25) is 0 Å². The number of aromatic amines is 1. The van der Waals surface area contributed by atoms with Gasteiger partial charge in [-0.15, -0.1) is 11.3 Å². The van der Waals surface area contributed by atoms with Crippen molar-refractivity contribution in [3.63, 3.8) is 0 Å². The molecule has 2 rings (SSSR count). The summed E-state index contributed by atoms with van der Waals surface area (Å²) in [7, 11) is 1.80. The first-order chi connectivity index (χ1) is 8.08. The van der Waals surface area contributed by atoms with Crippen LogP contribution < -0.4 is 0 Å². The van der Waals surface area contributed by atoms with Crippen LogP contribution in [0.25, 0.3) is 0 Å². The van der Waals surface area contributed by atoms with Crippen LogP contribution in [0.5, 0.6) is 0 Å². The molecule has 0 saturated carbocycles. The number of nitrogens with zero attached hydrogens (tertiary/aromatic N) is 2. The highest BCUT2D eigenvalue weighted by molar-refractivity contribution is 7.09. The van der Waals surface area contributed by atoms with Crippen LogP contribution in [0.3, 0.4) is 0 Å². The van der Waals surface area contributed by atoms with E-state index in [2.05, 4.69) is 9.97 Å². The summed E-state index contributed by atoms with van der Waals surface area (Å²) in [4.78, 5) is 21.2. The Morgan fingerprint density at radius 1 is 1.53 bits per heavy atom. The van der Waals surface area contributed by atoms with Gasteiger partial charge >= 0.3 is 0 Å². The number of amides is 1. The molecule has 0 radical (unpaired) electrons. The van der Waals surface area contributed by atoms with Crippen LogP contribution >= 0.6 is 11.3 Å². The number of carbonyl (C=O) groups is 1. The number of H-pyrrole nitrogens is 1. The molecule has 0 atom stereocenters. The Morgan fingerprint density at radius 2 is 2.29 bits per heavy atom. The second kappa shape index (κ2) is 4.71. The lowest BCUT2D eigenvalue weighted by Crippen LogP contribution is -2.26. The van der Waals surface area contributed by atoms with Crippen molar-refractivity contribution in [2.45, 2.75) is 20.4 Å². The Kier molecular flexibility index (Phi) is 3.28. The number of rotatable bonds is 3. The smallest absolute Gasteiger partial charge is 0.255 e. The fourth-order valence-electron chi connectivity index (χ4n) is 1.64. The van der Waals surface area contributed by atoms with Crippen LogP contribution in [0, 0.1) is 13.8 Å². The number of thiazole rings is 1. The van der Waals surface area contributed by atoms with Crippen molar-refractivity contribution in [2.24, 2.45) is 0 Å². The number of hydrogen-bond acceptors (Lipinski definition) is 3. The molecule has 4 nitrogen and oxygen atoms in total. The number of aromatic nitrogens is 2. The number of nitrogens with one attached hydrogen (secondary N) is 1. The molecule has 0 spiro atoms. The Morgan fingerprint density at radius 3 is 2.82 bits per heavy atom. The second-order valence-corrected chi connectivity index (χ2v) is 5.00. The van der Waals surface area contributed by atoms with E-state index in [0.717, 1.165) is 22.0 Å². The molecule has 2 heterocycles. The van der Waals surface area contributed by atoms with E-state index in [1.54, 1.807) is 35.5 Å². The van der Waals surface area contributed by atoms with Crippen LogP contribution in [-0.4, -0.2) is 27.8 Å². The monoisotopic (exact) mass is 249 g/mol. The summed E-state index contributed by atoms with van der Waals surface area (Å²) in [5, 5.41) is 2.96. The first kappa shape index (κ1) is 11.9. The van der Waals surface area contributed by atoms with Gasteiger partial charge < -0.3 is 9.88 Å². The Labute approximate surface area is 104 Å². The minimum absolute atomic E-state index is 0.0246. The van der Waals surface area contributed by atoms with E-state index >= 15 is 0 Å². The molecule has 0 aliphatic rings. The van der Waals surface area contributed by atoms with Gasteiger partial charge in [-0.3, -0.25) is 4.79 Å². The van der Waals surface area contributed by atoms with Crippen molar-refractivity contribution in [1.82, 2.24) is 14.9 Å². The largest absolute Gasteiger partial charge is 0.365 e. The standard InChI is InChI=1S/C12H15N3OS/c1-8-7-17-11(14-8)6-15(3)12(16)10-4-5-13-9(10)2/h4-5,7,13H,6H2,1-3H3. The molecular weight excluding hydrogens is 234 g/mol. The molecule has 2 aromatic heterocycles. The van der Waals surface area contributed by atoms with Crippen LogP contribution in [-0.2, 0) is 6.54 Å². The summed E-state index contributed by atoms with van der Waals surface area (Å²) >= 11 is 1.58. The lowest BCUT2D eigenvalue weighted by atomic mass is 10.2. The third kappa shape index (κ3) is 2.55. The van der Waals surface area contributed by atoms with Crippen molar-refractivity contribution in [3.8, 4) is 0 Å². The van der Waals surface area contributed by atoms with E-state index in [-0.39, 0.29) is 5.91 Å². The van der Waals surface area contributed by atoms with Gasteiger partial charge in [-0.05, 0) is 19.9 Å². The number of carbonyl (C=O) groups excluding carboxylic acids is 1. The molecule has 0 bridgehead atoms. The third-order valence-corrected chi connectivity index (χ3v) is 3.52. The average Bonchev–Trinajstić information content (AvgIpc) is 2.86. The Balaban J connectivity index is 2.08. The molecule has 0 aliphatic carbocycles. The Hall–Kier alpha value is -1.62. The van der Waals surface area contributed by atoms with Gasteiger partial charge in [0.2, 0.25) is 0 Å². The molecule has 2 aromatic rings. The van der Waals surface area contributed by atoms with E-state index in [9.17, 15) is 4.79 Å². The van der Waals surface area contributed by atoms with Crippen molar-refractivity contribution >= 4 is 17.2 Å². The predicted molar refractivity (Wildman–Crippen MR) is 68.2 cm³/mol. The van der Waals surface area contributed by atoms with Crippen molar-refractivity contribution < 1.29 is 4.79 Å². The normalized spacial score (nSPS) is 10.5. The van der Waals surface area contributed by atoms with E-state index < -0.39 is 0 Å². The van der Waals surface area contributed by atoms with E-state index in [1.807, 2.05) is 19.2 Å². The van der Waals surface area contributed by atoms with Gasteiger partial charge in [0, 0.05) is 30.0 Å². The lowest BCUT2D eigenvalue weighted by molar-refractivity contribution is 0.0784. The molecule has 0 unspecified atom stereocenters. The highest BCUT2D eigenvalue weighted by Crippen LogP contribution is 2.14. The average molecular weight is 249 g/mol. The molecular formula is C12H15N3OS. The minimum atomic E-state index is 0.0246. The van der Waals surface area contributed by atoms with Gasteiger partial charge in [-0.1, -0.05) is 0 Å². The van der Waals surface area contributed by atoms with E-state index in [4.69, 9.17) is 0 Å². The fourth-order valence-corrected chi connectivity index (χ4v) is 2.46. The zero-order chi connectivity index (χ0) is 12.4. The van der Waals surface area contributed by atoms with Crippen LogP contribution in [0.15, 0.2) is 17.6 Å². The topological polar surface area (TPSA) is 49.0 Å². The van der Waals surface area contributed by atoms with Gasteiger partial charge in [0.05, 0.1) is 12.1 Å². The second-order valence-electron chi connectivity index (χ2n) is 4.06. The minimum Gasteiger partial charge on any atom is -0.365 e. The molecule has 0 fully saturated rings. The molecule has 0 aliphatic heterocycles. The molecule has 90 valence electrons. The number of hydrogen-bond donors (Lipinski definition) is 1. The maximum atomic E-state index is 12.1. The zero-order valence-electron chi connectivity index (χ0n) is 10.2. The third-order valence-electron chi connectivity index (χ3n) is 2.57. The van der Waals surface area contributed by atoms with Gasteiger partial charge in [0.1, 0.15) is 5.01 Å². The molecule has 1 amide bonds. The van der Waals surface area contributed by atoms with Gasteiger partial charge in [-0.25, -0.2) is 4.98 Å². The van der Waals surface area contributed by atoms with Crippen molar-refractivity contribution in [3.05, 3.63) is 39.6 Å². The maximum absolute atomic E-state index is 12.1. The molecule has 17 heavy (non-hydrogen) atoms. The Bertz CT molecular complexity index is 529. The summed E-state index contributed by atoms with van der Waals surface area (Å²) in [6, 6.07) is 1.81. The van der Waals surface area contributed by atoms with E-state index in [0.29, 0.717) is 6.54 Å². The lowest BCUT2D eigenvalue weighted by Gasteiger charge is -2.15. The first-order valence-electron chi connectivity index (χ1n) is 5.38. The summed E-state index contributed by atoms with van der Waals surface area (Å²) in [6.45, 7) is 4.41. The predicted octanol–water partition coefficient (Wildman–Crippen LogP) is 2.36. The first-order valence-corrected chi connectivity index (χ1v) is 6.26. The van der Waals surface area contributed by atoms with Crippen molar-refractivity contribution in [1.29, 1.82) is 0 Å². The van der Waals surface area contributed by atoms with Crippen LogP contribution in [0.4, 0.5) is 0 Å². The molecule has 1 N–H and O–H groups in total. The van der Waals surface area contributed by atoms with Gasteiger partial charge in [0.15, 0.2) is 0 Å². The molecule has 0 aromatic carbocycles. The summed E-state index contributed by atoms with van der Waals surface area (Å²) < 4.78 is 0. The zero-order valence-corrected chi connectivity index (χ0v) is 11.0. The summed E-state index contributed by atoms with van der Waals surface area (Å²) in [5.41, 5.74) is 2.63.